The molecular weight excluding hydrogens is 320 g/mol. The minimum atomic E-state index is -0.303. The lowest BCUT2D eigenvalue weighted by Crippen LogP contribution is -2.30. The van der Waals surface area contributed by atoms with E-state index in [4.69, 9.17) is 4.74 Å². The summed E-state index contributed by atoms with van der Waals surface area (Å²) in [5.41, 5.74) is 2.14. The molecule has 1 unspecified atom stereocenters. The molecule has 0 spiro atoms. The molecule has 1 atom stereocenters. The maximum Gasteiger partial charge on any atom is 0.254 e. The molecule has 1 aliphatic rings. The molecule has 3 heterocycles. The second-order valence-corrected chi connectivity index (χ2v) is 6.27. The summed E-state index contributed by atoms with van der Waals surface area (Å²) >= 11 is 0. The van der Waals surface area contributed by atoms with Crippen molar-refractivity contribution in [1.29, 1.82) is 0 Å². The van der Waals surface area contributed by atoms with Crippen LogP contribution in [0.15, 0.2) is 35.3 Å². The standard InChI is InChI=1S/C18H18N4O3/c1-21-15-7-11(25-3)5-4-10(15)6-13(18(21)24)12-8-16(23)20-17-14(12)9-19-22(17)2/h4-7,9,12H,8H2,1-3H3,(H,20,23). The summed E-state index contributed by atoms with van der Waals surface area (Å²) in [6, 6.07) is 7.49. The Hall–Kier alpha value is -3.09. The van der Waals surface area contributed by atoms with Gasteiger partial charge in [-0.3, -0.25) is 14.3 Å². The molecule has 25 heavy (non-hydrogen) atoms. The molecule has 0 aliphatic carbocycles. The fraction of sp³-hybridized carbons (Fsp3) is 0.278. The van der Waals surface area contributed by atoms with Crippen molar-refractivity contribution < 1.29 is 9.53 Å². The van der Waals surface area contributed by atoms with E-state index in [2.05, 4.69) is 10.4 Å². The number of aromatic nitrogens is 3. The first-order valence-corrected chi connectivity index (χ1v) is 7.99. The molecule has 4 rings (SSSR count). The third-order valence-electron chi connectivity index (χ3n) is 4.83. The molecular formula is C18H18N4O3. The van der Waals surface area contributed by atoms with E-state index in [1.165, 1.54) is 0 Å². The molecule has 2 aromatic heterocycles. The average molecular weight is 338 g/mol. The molecule has 7 nitrogen and oxygen atoms in total. The van der Waals surface area contributed by atoms with Crippen LogP contribution in [0.25, 0.3) is 10.9 Å². The quantitative estimate of drug-likeness (QED) is 0.772. The van der Waals surface area contributed by atoms with Gasteiger partial charge in [0, 0.05) is 43.6 Å². The Morgan fingerprint density at radius 3 is 2.76 bits per heavy atom. The zero-order valence-electron chi connectivity index (χ0n) is 14.2. The first kappa shape index (κ1) is 15.4. The number of carbonyl (C=O) groups excluding carboxylic acids is 1. The Balaban J connectivity index is 1.94. The van der Waals surface area contributed by atoms with Crippen LogP contribution in [0.4, 0.5) is 5.82 Å². The monoisotopic (exact) mass is 338 g/mol. The number of amides is 1. The Morgan fingerprint density at radius 1 is 1.20 bits per heavy atom. The van der Waals surface area contributed by atoms with Crippen LogP contribution < -0.4 is 15.6 Å². The SMILES string of the molecule is COc1ccc2cc(C3CC(=O)Nc4c3cnn4C)c(=O)n(C)c2c1. The molecule has 0 fully saturated rings. The fourth-order valence-corrected chi connectivity index (χ4v) is 3.46. The smallest absolute Gasteiger partial charge is 0.254 e. The summed E-state index contributed by atoms with van der Waals surface area (Å²) in [4.78, 5) is 25.1. The minimum Gasteiger partial charge on any atom is -0.497 e. The molecule has 7 heteroatoms. The largest absolute Gasteiger partial charge is 0.497 e. The van der Waals surface area contributed by atoms with E-state index in [1.807, 2.05) is 24.3 Å². The lowest BCUT2D eigenvalue weighted by molar-refractivity contribution is -0.116. The molecule has 0 saturated heterocycles. The summed E-state index contributed by atoms with van der Waals surface area (Å²) in [6.45, 7) is 0. The predicted molar refractivity (Wildman–Crippen MR) is 94.0 cm³/mol. The summed E-state index contributed by atoms with van der Waals surface area (Å²) in [6.07, 6.45) is 1.95. The highest BCUT2D eigenvalue weighted by atomic mass is 16.5. The second kappa shape index (κ2) is 5.47. The van der Waals surface area contributed by atoms with Gasteiger partial charge in [0.1, 0.15) is 11.6 Å². The average Bonchev–Trinajstić information content (AvgIpc) is 2.98. The van der Waals surface area contributed by atoms with Gasteiger partial charge in [-0.2, -0.15) is 5.10 Å². The van der Waals surface area contributed by atoms with E-state index in [-0.39, 0.29) is 23.8 Å². The summed E-state index contributed by atoms with van der Waals surface area (Å²) in [5, 5.41) is 7.98. The van der Waals surface area contributed by atoms with Crippen LogP contribution in [0.3, 0.4) is 0 Å². The molecule has 0 radical (unpaired) electrons. The Labute approximate surface area is 143 Å². The van der Waals surface area contributed by atoms with Crippen molar-refractivity contribution in [2.75, 3.05) is 12.4 Å². The van der Waals surface area contributed by atoms with E-state index in [1.54, 1.807) is 36.7 Å². The summed E-state index contributed by atoms with van der Waals surface area (Å²) < 4.78 is 8.48. The number of fused-ring (bicyclic) bond motifs is 2. The van der Waals surface area contributed by atoms with Gasteiger partial charge in [-0.1, -0.05) is 0 Å². The van der Waals surface area contributed by atoms with Crippen molar-refractivity contribution in [3.8, 4) is 5.75 Å². The van der Waals surface area contributed by atoms with Gasteiger partial charge in [0.15, 0.2) is 0 Å². The molecule has 1 N–H and O–H groups in total. The highest BCUT2D eigenvalue weighted by Gasteiger charge is 2.31. The maximum atomic E-state index is 13.0. The number of carbonyl (C=O) groups is 1. The van der Waals surface area contributed by atoms with Crippen LogP contribution in [0.2, 0.25) is 0 Å². The second-order valence-electron chi connectivity index (χ2n) is 6.27. The van der Waals surface area contributed by atoms with Crippen molar-refractivity contribution in [3.63, 3.8) is 0 Å². The van der Waals surface area contributed by atoms with Crippen LogP contribution in [0, 0.1) is 0 Å². The van der Waals surface area contributed by atoms with E-state index in [0.717, 1.165) is 16.5 Å². The third-order valence-corrected chi connectivity index (χ3v) is 4.83. The van der Waals surface area contributed by atoms with E-state index >= 15 is 0 Å². The van der Waals surface area contributed by atoms with Crippen LogP contribution in [-0.2, 0) is 18.9 Å². The first-order chi connectivity index (χ1) is 12.0. The number of nitrogens with one attached hydrogen (secondary N) is 1. The van der Waals surface area contributed by atoms with Gasteiger partial charge < -0.3 is 14.6 Å². The lowest BCUT2D eigenvalue weighted by atomic mass is 9.87. The van der Waals surface area contributed by atoms with Crippen molar-refractivity contribution in [2.45, 2.75) is 12.3 Å². The van der Waals surface area contributed by atoms with E-state index in [0.29, 0.717) is 17.1 Å². The van der Waals surface area contributed by atoms with Gasteiger partial charge in [-0.15, -0.1) is 0 Å². The predicted octanol–water partition coefficient (Wildman–Crippen LogP) is 1.75. The van der Waals surface area contributed by atoms with Crippen LogP contribution >= 0.6 is 0 Å². The van der Waals surface area contributed by atoms with Gasteiger partial charge in [-0.05, 0) is 23.6 Å². The zero-order chi connectivity index (χ0) is 17.7. The van der Waals surface area contributed by atoms with E-state index < -0.39 is 0 Å². The van der Waals surface area contributed by atoms with Crippen molar-refractivity contribution >= 4 is 22.6 Å². The van der Waals surface area contributed by atoms with Gasteiger partial charge in [-0.25, -0.2) is 0 Å². The van der Waals surface area contributed by atoms with Crippen molar-refractivity contribution in [1.82, 2.24) is 14.3 Å². The number of hydrogen-bond acceptors (Lipinski definition) is 4. The number of benzene rings is 1. The molecule has 1 aliphatic heterocycles. The number of hydrogen-bond donors (Lipinski definition) is 1. The van der Waals surface area contributed by atoms with Crippen LogP contribution in [0.5, 0.6) is 5.75 Å². The highest BCUT2D eigenvalue weighted by Crippen LogP contribution is 2.36. The lowest BCUT2D eigenvalue weighted by Gasteiger charge is -2.23. The fourth-order valence-electron chi connectivity index (χ4n) is 3.46. The van der Waals surface area contributed by atoms with Crippen molar-refractivity contribution in [2.24, 2.45) is 14.1 Å². The summed E-state index contributed by atoms with van der Waals surface area (Å²) in [5.74, 6) is 0.931. The zero-order valence-corrected chi connectivity index (χ0v) is 14.2. The van der Waals surface area contributed by atoms with Gasteiger partial charge in [0.25, 0.3) is 5.56 Å². The minimum absolute atomic E-state index is 0.113. The normalized spacial score (nSPS) is 16.6. The number of pyridine rings is 1. The number of aryl methyl sites for hydroxylation is 2. The molecule has 3 aromatic rings. The molecule has 128 valence electrons. The van der Waals surface area contributed by atoms with Gasteiger partial charge >= 0.3 is 0 Å². The summed E-state index contributed by atoms with van der Waals surface area (Å²) in [7, 11) is 5.10. The van der Waals surface area contributed by atoms with Crippen LogP contribution in [0.1, 0.15) is 23.5 Å². The van der Waals surface area contributed by atoms with E-state index in [9.17, 15) is 9.59 Å². The number of anilines is 1. The Morgan fingerprint density at radius 2 is 2.00 bits per heavy atom. The number of rotatable bonds is 2. The van der Waals surface area contributed by atoms with Gasteiger partial charge in [0.05, 0.1) is 18.8 Å². The Bertz CT molecular complexity index is 1060. The number of methoxy groups -OCH3 is 1. The first-order valence-electron chi connectivity index (χ1n) is 7.99. The van der Waals surface area contributed by atoms with Crippen LogP contribution in [-0.4, -0.2) is 27.4 Å². The Kier molecular flexibility index (Phi) is 3.38. The van der Waals surface area contributed by atoms with Gasteiger partial charge in [0.2, 0.25) is 5.91 Å². The topological polar surface area (TPSA) is 78.2 Å². The molecule has 0 bridgehead atoms. The number of ether oxygens (including phenoxy) is 1. The molecule has 1 aromatic carbocycles. The number of nitrogens with zero attached hydrogens (tertiary/aromatic N) is 3. The van der Waals surface area contributed by atoms with Crippen molar-refractivity contribution in [3.05, 3.63) is 51.9 Å². The highest BCUT2D eigenvalue weighted by molar-refractivity contribution is 5.94. The third kappa shape index (κ3) is 2.31. The molecule has 1 amide bonds. The maximum absolute atomic E-state index is 13.0. The molecule has 0 saturated carbocycles.